The lowest BCUT2D eigenvalue weighted by Crippen LogP contribution is -2.29. The predicted octanol–water partition coefficient (Wildman–Crippen LogP) is -0.764. The summed E-state index contributed by atoms with van der Waals surface area (Å²) in [7, 11) is 0. The van der Waals surface area contributed by atoms with Gasteiger partial charge in [0.15, 0.2) is 5.84 Å². The van der Waals surface area contributed by atoms with Crippen molar-refractivity contribution < 1.29 is 5.21 Å². The summed E-state index contributed by atoms with van der Waals surface area (Å²) in [4.78, 5) is 0. The third-order valence-corrected chi connectivity index (χ3v) is 0.848. The Labute approximate surface area is 59.1 Å². The predicted molar refractivity (Wildman–Crippen MR) is 36.5 cm³/mol. The Morgan fingerprint density at radius 3 is 3.00 bits per heavy atom. The van der Waals surface area contributed by atoms with Crippen LogP contribution >= 0.6 is 0 Å². The molecule has 0 aromatic carbocycles. The maximum atomic E-state index is 8.09. The van der Waals surface area contributed by atoms with E-state index in [0.717, 1.165) is 0 Å². The number of nitrogens with zero attached hydrogens (tertiary/aromatic N) is 2. The largest absolute Gasteiger partial charge is 0.409 e. The Bertz CT molecular complexity index is 148. The maximum Gasteiger partial charge on any atom is 0.153 e. The molecule has 0 atom stereocenters. The molecule has 0 unspecified atom stereocenters. The van der Waals surface area contributed by atoms with E-state index in [1.54, 1.807) is 0 Å². The highest BCUT2D eigenvalue weighted by Crippen LogP contribution is 1.69. The molecule has 0 aliphatic rings. The van der Waals surface area contributed by atoms with Crippen LogP contribution in [0.25, 0.3) is 0 Å². The first-order valence-electron chi connectivity index (χ1n) is 2.85. The average Bonchev–Trinajstić information content (AvgIpc) is 1.98. The van der Waals surface area contributed by atoms with Gasteiger partial charge in [0.2, 0.25) is 0 Å². The summed E-state index contributed by atoms with van der Waals surface area (Å²) in [6, 6.07) is 1.95. The quantitative estimate of drug-likeness (QED) is 0.158. The van der Waals surface area contributed by atoms with Crippen molar-refractivity contribution in [2.24, 2.45) is 10.9 Å². The highest BCUT2D eigenvalue weighted by molar-refractivity contribution is 5.81. The molecule has 5 heteroatoms. The zero-order chi connectivity index (χ0) is 7.82. The topological polar surface area (TPSA) is 94.4 Å². The van der Waals surface area contributed by atoms with Crippen LogP contribution in [0.3, 0.4) is 0 Å². The fourth-order valence-corrected chi connectivity index (χ4v) is 0.396. The van der Waals surface area contributed by atoms with Crippen LogP contribution in [0.4, 0.5) is 0 Å². The monoisotopic (exact) mass is 142 g/mol. The number of rotatable bonds is 4. The summed E-state index contributed by atoms with van der Waals surface area (Å²) in [5.41, 5.74) is 5.11. The van der Waals surface area contributed by atoms with E-state index in [4.69, 9.17) is 16.2 Å². The van der Waals surface area contributed by atoms with Gasteiger partial charge < -0.3 is 16.3 Å². The molecule has 0 radical (unpaired) electrons. The minimum Gasteiger partial charge on any atom is -0.409 e. The van der Waals surface area contributed by atoms with Crippen LogP contribution < -0.4 is 11.1 Å². The van der Waals surface area contributed by atoms with E-state index >= 15 is 0 Å². The van der Waals surface area contributed by atoms with Gasteiger partial charge in [0.25, 0.3) is 0 Å². The Hall–Kier alpha value is -1.28. The molecule has 4 N–H and O–H groups in total. The van der Waals surface area contributed by atoms with Crippen molar-refractivity contribution in [1.29, 1.82) is 5.26 Å². The van der Waals surface area contributed by atoms with Gasteiger partial charge in [-0.3, -0.25) is 0 Å². The molecule has 0 spiro atoms. The molecule has 0 fully saturated rings. The van der Waals surface area contributed by atoms with Crippen LogP contribution in [0.2, 0.25) is 0 Å². The lowest BCUT2D eigenvalue weighted by molar-refractivity contribution is 0.317. The van der Waals surface area contributed by atoms with Crippen molar-refractivity contribution in [2.75, 3.05) is 13.1 Å². The van der Waals surface area contributed by atoms with Crippen LogP contribution in [0, 0.1) is 11.3 Å². The molecular formula is C5H10N4O. The first kappa shape index (κ1) is 8.72. The summed E-state index contributed by atoms with van der Waals surface area (Å²) in [6.45, 7) is 0.880. The molecule has 0 rings (SSSR count). The number of amidine groups is 1. The molecule has 0 bridgehead atoms. The van der Waals surface area contributed by atoms with Crippen LogP contribution in [0.15, 0.2) is 5.16 Å². The van der Waals surface area contributed by atoms with E-state index in [-0.39, 0.29) is 5.84 Å². The van der Waals surface area contributed by atoms with Crippen LogP contribution in [0.1, 0.15) is 6.42 Å². The zero-order valence-corrected chi connectivity index (χ0v) is 5.54. The van der Waals surface area contributed by atoms with Crippen molar-refractivity contribution in [2.45, 2.75) is 6.42 Å². The van der Waals surface area contributed by atoms with Crippen molar-refractivity contribution in [1.82, 2.24) is 5.32 Å². The zero-order valence-electron chi connectivity index (χ0n) is 5.54. The SMILES string of the molecule is N#CCCNC/C(N)=N/O. The third kappa shape index (κ3) is 4.87. The van der Waals surface area contributed by atoms with E-state index in [1.807, 2.05) is 6.07 Å². The molecule has 5 nitrogen and oxygen atoms in total. The van der Waals surface area contributed by atoms with E-state index in [9.17, 15) is 0 Å². The van der Waals surface area contributed by atoms with Gasteiger partial charge in [0, 0.05) is 13.0 Å². The van der Waals surface area contributed by atoms with Gasteiger partial charge in [-0.25, -0.2) is 0 Å². The molecule has 10 heavy (non-hydrogen) atoms. The lowest BCUT2D eigenvalue weighted by Gasteiger charge is -1.97. The molecule has 0 aliphatic carbocycles. The summed E-state index contributed by atoms with van der Waals surface area (Å²) >= 11 is 0. The maximum absolute atomic E-state index is 8.09. The number of oxime groups is 1. The van der Waals surface area contributed by atoms with E-state index in [1.165, 1.54) is 0 Å². The summed E-state index contributed by atoms with van der Waals surface area (Å²) in [5, 5.41) is 21.7. The van der Waals surface area contributed by atoms with Gasteiger partial charge in [0.1, 0.15) is 0 Å². The Balaban J connectivity index is 3.14. The number of nitriles is 1. The van der Waals surface area contributed by atoms with Gasteiger partial charge in [-0.05, 0) is 0 Å². The Morgan fingerprint density at radius 1 is 1.80 bits per heavy atom. The normalized spacial score (nSPS) is 10.9. The van der Waals surface area contributed by atoms with Crippen LogP contribution in [0.5, 0.6) is 0 Å². The molecule has 0 saturated heterocycles. The highest BCUT2D eigenvalue weighted by atomic mass is 16.4. The standard InChI is InChI=1S/C5H10N4O/c6-2-1-3-8-4-5(7)9-10/h8,10H,1,3-4H2,(H2,7,9). The van der Waals surface area contributed by atoms with E-state index in [0.29, 0.717) is 19.5 Å². The van der Waals surface area contributed by atoms with Gasteiger partial charge in [0.05, 0.1) is 12.6 Å². The molecule has 0 aliphatic heterocycles. The highest BCUT2D eigenvalue weighted by Gasteiger charge is 1.89. The molecule has 0 amide bonds. The first-order valence-corrected chi connectivity index (χ1v) is 2.85. The first-order chi connectivity index (χ1) is 4.81. The van der Waals surface area contributed by atoms with E-state index < -0.39 is 0 Å². The Kier molecular flexibility index (Phi) is 5.10. The molecule has 0 aromatic heterocycles. The molecular weight excluding hydrogens is 132 g/mol. The summed E-state index contributed by atoms with van der Waals surface area (Å²) < 4.78 is 0. The van der Waals surface area contributed by atoms with E-state index in [2.05, 4.69) is 10.5 Å². The molecule has 0 heterocycles. The van der Waals surface area contributed by atoms with Crippen molar-refractivity contribution in [3.8, 4) is 6.07 Å². The third-order valence-electron chi connectivity index (χ3n) is 0.848. The molecule has 56 valence electrons. The lowest BCUT2D eigenvalue weighted by atomic mass is 10.4. The Morgan fingerprint density at radius 2 is 2.50 bits per heavy atom. The second-order valence-corrected chi connectivity index (χ2v) is 1.68. The van der Waals surface area contributed by atoms with Gasteiger partial charge in [-0.1, -0.05) is 5.16 Å². The van der Waals surface area contributed by atoms with Crippen molar-refractivity contribution >= 4 is 5.84 Å². The fraction of sp³-hybridized carbons (Fsp3) is 0.600. The summed E-state index contributed by atoms with van der Waals surface area (Å²) in [6.07, 6.45) is 0.429. The fourth-order valence-electron chi connectivity index (χ4n) is 0.396. The number of hydrogen-bond donors (Lipinski definition) is 3. The van der Waals surface area contributed by atoms with Crippen LogP contribution in [-0.2, 0) is 0 Å². The second kappa shape index (κ2) is 5.85. The average molecular weight is 142 g/mol. The molecule has 0 aromatic rings. The van der Waals surface area contributed by atoms with Crippen LogP contribution in [-0.4, -0.2) is 24.1 Å². The number of nitrogens with two attached hydrogens (primary N) is 1. The minimum absolute atomic E-state index is 0.123. The van der Waals surface area contributed by atoms with Gasteiger partial charge in [-0.15, -0.1) is 0 Å². The van der Waals surface area contributed by atoms with Crippen molar-refractivity contribution in [3.63, 3.8) is 0 Å². The second-order valence-electron chi connectivity index (χ2n) is 1.68. The minimum atomic E-state index is 0.123. The van der Waals surface area contributed by atoms with Gasteiger partial charge in [-0.2, -0.15) is 5.26 Å². The van der Waals surface area contributed by atoms with Gasteiger partial charge >= 0.3 is 0 Å². The van der Waals surface area contributed by atoms with Crippen molar-refractivity contribution in [3.05, 3.63) is 0 Å². The smallest absolute Gasteiger partial charge is 0.153 e. The summed E-state index contributed by atoms with van der Waals surface area (Å²) in [5.74, 6) is 0.123. The molecule has 0 saturated carbocycles. The number of hydrogen-bond acceptors (Lipinski definition) is 4. The number of nitrogens with one attached hydrogen (secondary N) is 1.